The van der Waals surface area contributed by atoms with Crippen molar-refractivity contribution < 1.29 is 0 Å². The second-order valence-electron chi connectivity index (χ2n) is 5.62. The molecule has 0 aromatic carbocycles. The Labute approximate surface area is 116 Å². The molecular formula is C13H26N4S. The van der Waals surface area contributed by atoms with Crippen molar-refractivity contribution in [3.05, 3.63) is 0 Å². The highest BCUT2D eigenvalue weighted by Gasteiger charge is 2.42. The Morgan fingerprint density at radius 3 is 2.11 bits per heavy atom. The molecule has 18 heavy (non-hydrogen) atoms. The predicted molar refractivity (Wildman–Crippen MR) is 79.9 cm³/mol. The Hall–Kier alpha value is -0.230. The molecule has 2 aliphatic rings. The second kappa shape index (κ2) is 5.82. The van der Waals surface area contributed by atoms with Crippen LogP contribution in [0.5, 0.6) is 0 Å². The van der Waals surface area contributed by atoms with Gasteiger partial charge in [-0.15, -0.1) is 0 Å². The van der Waals surface area contributed by atoms with Crippen molar-refractivity contribution in [1.29, 1.82) is 0 Å². The Bertz CT molecular complexity index is 291. The van der Waals surface area contributed by atoms with E-state index in [-0.39, 0.29) is 5.54 Å². The molecule has 0 amide bonds. The van der Waals surface area contributed by atoms with Crippen LogP contribution in [0.1, 0.15) is 19.8 Å². The van der Waals surface area contributed by atoms with Gasteiger partial charge in [-0.1, -0.05) is 19.1 Å². The summed E-state index contributed by atoms with van der Waals surface area (Å²) in [6.45, 7) is 10.1. The van der Waals surface area contributed by atoms with Crippen molar-refractivity contribution >= 4 is 17.2 Å². The van der Waals surface area contributed by atoms with Crippen LogP contribution < -0.4 is 5.73 Å². The van der Waals surface area contributed by atoms with Crippen LogP contribution in [0.2, 0.25) is 0 Å². The van der Waals surface area contributed by atoms with Gasteiger partial charge in [0.25, 0.3) is 0 Å². The average molecular weight is 270 g/mol. The number of piperazine rings is 1. The minimum atomic E-state index is -0.0122. The normalized spacial score (nSPS) is 27.2. The van der Waals surface area contributed by atoms with Gasteiger partial charge < -0.3 is 15.5 Å². The molecule has 2 saturated heterocycles. The Kier molecular flexibility index (Phi) is 4.59. The molecule has 2 fully saturated rings. The van der Waals surface area contributed by atoms with E-state index in [1.165, 1.54) is 0 Å². The lowest BCUT2D eigenvalue weighted by Gasteiger charge is -2.50. The monoisotopic (exact) mass is 270 g/mol. The number of nitrogens with zero attached hydrogens (tertiary/aromatic N) is 3. The summed E-state index contributed by atoms with van der Waals surface area (Å²) in [6, 6.07) is 0. The molecular weight excluding hydrogens is 244 g/mol. The molecule has 0 aromatic rings. The first-order valence-corrected chi connectivity index (χ1v) is 7.45. The minimum Gasteiger partial charge on any atom is -0.392 e. The number of likely N-dealkylation sites (tertiary alicyclic amines) is 1. The topological polar surface area (TPSA) is 35.7 Å². The summed E-state index contributed by atoms with van der Waals surface area (Å²) in [7, 11) is 2.18. The van der Waals surface area contributed by atoms with Crippen molar-refractivity contribution in [1.82, 2.24) is 14.7 Å². The second-order valence-corrected chi connectivity index (χ2v) is 6.06. The summed E-state index contributed by atoms with van der Waals surface area (Å²) < 4.78 is 0. The molecule has 0 spiro atoms. The number of piperidine rings is 1. The zero-order valence-corrected chi connectivity index (χ0v) is 12.5. The number of hydrogen-bond acceptors (Lipinski definition) is 4. The van der Waals surface area contributed by atoms with Gasteiger partial charge in [-0.2, -0.15) is 0 Å². The maximum atomic E-state index is 6.10. The van der Waals surface area contributed by atoms with Gasteiger partial charge >= 0.3 is 0 Å². The van der Waals surface area contributed by atoms with Gasteiger partial charge in [-0.3, -0.25) is 4.90 Å². The molecule has 4 nitrogen and oxygen atoms in total. The van der Waals surface area contributed by atoms with E-state index in [1.807, 2.05) is 0 Å². The zero-order valence-electron chi connectivity index (χ0n) is 11.7. The molecule has 0 unspecified atom stereocenters. The number of hydrogen-bond donors (Lipinski definition) is 1. The number of nitrogens with two attached hydrogens (primary N) is 1. The third-order valence-corrected chi connectivity index (χ3v) is 5.08. The molecule has 0 aliphatic carbocycles. The Morgan fingerprint density at radius 1 is 1.11 bits per heavy atom. The smallest absolute Gasteiger partial charge is 0.0935 e. The fraction of sp³-hybridized carbons (Fsp3) is 0.923. The summed E-state index contributed by atoms with van der Waals surface area (Å²) in [5.74, 6) is 0. The maximum absolute atomic E-state index is 6.10. The van der Waals surface area contributed by atoms with E-state index in [1.54, 1.807) is 0 Å². The van der Waals surface area contributed by atoms with Crippen LogP contribution in [0.25, 0.3) is 0 Å². The summed E-state index contributed by atoms with van der Waals surface area (Å²) in [4.78, 5) is 8.13. The van der Waals surface area contributed by atoms with E-state index in [4.69, 9.17) is 18.0 Å². The van der Waals surface area contributed by atoms with Gasteiger partial charge in [0, 0.05) is 39.3 Å². The minimum absolute atomic E-state index is 0.0122. The summed E-state index contributed by atoms with van der Waals surface area (Å²) in [5.41, 5.74) is 6.09. The Morgan fingerprint density at radius 2 is 1.67 bits per heavy atom. The maximum Gasteiger partial charge on any atom is 0.0935 e. The largest absolute Gasteiger partial charge is 0.392 e. The molecule has 2 aliphatic heterocycles. The zero-order chi connectivity index (χ0) is 13.2. The van der Waals surface area contributed by atoms with Crippen LogP contribution in [0.15, 0.2) is 0 Å². The van der Waals surface area contributed by atoms with Crippen molar-refractivity contribution in [2.45, 2.75) is 25.3 Å². The highest BCUT2D eigenvalue weighted by atomic mass is 32.1. The van der Waals surface area contributed by atoms with Gasteiger partial charge in [0.05, 0.1) is 10.5 Å². The highest BCUT2D eigenvalue weighted by molar-refractivity contribution is 7.80. The first-order valence-electron chi connectivity index (χ1n) is 7.04. The fourth-order valence-corrected chi connectivity index (χ4v) is 3.53. The lowest BCUT2D eigenvalue weighted by molar-refractivity contribution is 0.0358. The average Bonchev–Trinajstić information content (AvgIpc) is 2.40. The molecule has 2 N–H and O–H groups in total. The van der Waals surface area contributed by atoms with Gasteiger partial charge in [-0.25, -0.2) is 0 Å². The molecule has 0 radical (unpaired) electrons. The van der Waals surface area contributed by atoms with Crippen LogP contribution in [0.3, 0.4) is 0 Å². The fourth-order valence-electron chi connectivity index (χ4n) is 3.20. The van der Waals surface area contributed by atoms with Gasteiger partial charge in [0.1, 0.15) is 0 Å². The molecule has 2 heterocycles. The van der Waals surface area contributed by atoms with Gasteiger partial charge in [0.15, 0.2) is 0 Å². The van der Waals surface area contributed by atoms with Crippen molar-refractivity contribution in [3.8, 4) is 0 Å². The van der Waals surface area contributed by atoms with Crippen LogP contribution >= 0.6 is 12.2 Å². The van der Waals surface area contributed by atoms with Crippen molar-refractivity contribution in [2.24, 2.45) is 5.73 Å². The third kappa shape index (κ3) is 2.69. The molecule has 5 heteroatoms. The lowest BCUT2D eigenvalue weighted by Crippen LogP contribution is -2.65. The molecule has 104 valence electrons. The standard InChI is InChI=1S/C13H26N4S/c1-3-16-8-10-17(11-9-16)13(12(14)18)4-6-15(2)7-5-13/h3-11H2,1-2H3,(H2,14,18). The van der Waals surface area contributed by atoms with Crippen LogP contribution in [-0.2, 0) is 0 Å². The summed E-state index contributed by atoms with van der Waals surface area (Å²) in [6.07, 6.45) is 2.18. The number of likely N-dealkylation sites (N-methyl/N-ethyl adjacent to an activating group) is 1. The van der Waals surface area contributed by atoms with Crippen LogP contribution in [0.4, 0.5) is 0 Å². The highest BCUT2D eigenvalue weighted by Crippen LogP contribution is 2.30. The van der Waals surface area contributed by atoms with E-state index < -0.39 is 0 Å². The quantitative estimate of drug-likeness (QED) is 0.750. The molecule has 0 bridgehead atoms. The first kappa shape index (κ1) is 14.2. The predicted octanol–water partition coefficient (Wildman–Crippen LogP) is 0.374. The third-order valence-electron chi connectivity index (χ3n) is 4.70. The molecule has 2 rings (SSSR count). The molecule has 0 saturated carbocycles. The number of rotatable bonds is 3. The van der Waals surface area contributed by atoms with Gasteiger partial charge in [0.2, 0.25) is 0 Å². The lowest BCUT2D eigenvalue weighted by atomic mass is 9.85. The van der Waals surface area contributed by atoms with Crippen molar-refractivity contribution in [3.63, 3.8) is 0 Å². The SMILES string of the molecule is CCN1CCN(C2(C(N)=S)CCN(C)CC2)CC1. The van der Waals surface area contributed by atoms with Crippen molar-refractivity contribution in [2.75, 3.05) is 52.9 Å². The van der Waals surface area contributed by atoms with Gasteiger partial charge in [-0.05, 0) is 26.4 Å². The van der Waals surface area contributed by atoms with E-state index in [0.717, 1.165) is 58.7 Å². The first-order chi connectivity index (χ1) is 8.58. The van der Waals surface area contributed by atoms with E-state index in [2.05, 4.69) is 28.7 Å². The Balaban J connectivity index is 2.05. The molecule has 0 aromatic heterocycles. The van der Waals surface area contributed by atoms with E-state index in [0.29, 0.717) is 4.99 Å². The molecule has 0 atom stereocenters. The van der Waals surface area contributed by atoms with Crippen LogP contribution in [0, 0.1) is 0 Å². The van der Waals surface area contributed by atoms with Crippen LogP contribution in [-0.4, -0.2) is 78.1 Å². The summed E-state index contributed by atoms with van der Waals surface area (Å²) >= 11 is 5.41. The van der Waals surface area contributed by atoms with E-state index >= 15 is 0 Å². The number of thiocarbonyl (C=S) groups is 1. The van der Waals surface area contributed by atoms with E-state index in [9.17, 15) is 0 Å². The summed E-state index contributed by atoms with van der Waals surface area (Å²) in [5, 5.41) is 0.